The van der Waals surface area contributed by atoms with Crippen LogP contribution >= 0.6 is 11.3 Å². The van der Waals surface area contributed by atoms with Crippen LogP contribution in [0.4, 0.5) is 5.69 Å². The number of amides is 1. The second kappa shape index (κ2) is 8.95. The van der Waals surface area contributed by atoms with Gasteiger partial charge in [-0.25, -0.2) is 13.1 Å². The van der Waals surface area contributed by atoms with Crippen molar-refractivity contribution in [1.29, 1.82) is 0 Å². The first-order chi connectivity index (χ1) is 14.0. The van der Waals surface area contributed by atoms with Gasteiger partial charge in [0.05, 0.1) is 0 Å². The summed E-state index contributed by atoms with van der Waals surface area (Å²) in [4.78, 5) is 14.5. The number of aryl methyl sites for hydroxylation is 2. The molecule has 8 heteroatoms. The van der Waals surface area contributed by atoms with Crippen LogP contribution < -0.4 is 10.0 Å². The van der Waals surface area contributed by atoms with Crippen LogP contribution in [0.15, 0.2) is 39.9 Å². The van der Waals surface area contributed by atoms with Crippen molar-refractivity contribution in [3.8, 4) is 0 Å². The zero-order valence-corrected chi connectivity index (χ0v) is 18.0. The first kappa shape index (κ1) is 20.5. The number of likely N-dealkylation sites (tertiary alicyclic amines) is 1. The van der Waals surface area contributed by atoms with E-state index in [0.29, 0.717) is 17.2 Å². The summed E-state index contributed by atoms with van der Waals surface area (Å²) in [5, 5.41) is 4.78. The quantitative estimate of drug-likeness (QED) is 0.704. The lowest BCUT2D eigenvalue weighted by molar-refractivity contribution is -0.116. The van der Waals surface area contributed by atoms with Crippen molar-refractivity contribution in [3.63, 3.8) is 0 Å². The molecule has 1 aromatic heterocycles. The number of benzene rings is 1. The predicted molar refractivity (Wildman–Crippen MR) is 116 cm³/mol. The Morgan fingerprint density at radius 1 is 1.14 bits per heavy atom. The maximum Gasteiger partial charge on any atom is 0.250 e. The van der Waals surface area contributed by atoms with E-state index >= 15 is 0 Å². The Labute approximate surface area is 176 Å². The molecule has 4 rings (SSSR count). The van der Waals surface area contributed by atoms with Gasteiger partial charge in [0.15, 0.2) is 0 Å². The number of carbonyl (C=O) groups excluding carboxylic acids is 1. The van der Waals surface area contributed by atoms with Gasteiger partial charge in [0.2, 0.25) is 15.9 Å². The molecule has 156 valence electrons. The number of piperidine rings is 1. The summed E-state index contributed by atoms with van der Waals surface area (Å²) in [6.07, 6.45) is 5.41. The SMILES string of the molecule is O=C(CCN1CCC(NS(=O)(=O)c2cccs2)CC1)Nc1ccc2c(c1)CCC2. The number of nitrogens with one attached hydrogen (secondary N) is 2. The Hall–Kier alpha value is -1.74. The third-order valence-electron chi connectivity index (χ3n) is 5.71. The number of sulfonamides is 1. The summed E-state index contributed by atoms with van der Waals surface area (Å²) in [6, 6.07) is 9.55. The van der Waals surface area contributed by atoms with Crippen molar-refractivity contribution in [1.82, 2.24) is 9.62 Å². The summed E-state index contributed by atoms with van der Waals surface area (Å²) in [5.74, 6) is 0.0310. The number of anilines is 1. The van der Waals surface area contributed by atoms with Gasteiger partial charge >= 0.3 is 0 Å². The van der Waals surface area contributed by atoms with E-state index in [0.717, 1.165) is 44.5 Å². The lowest BCUT2D eigenvalue weighted by atomic mass is 10.1. The van der Waals surface area contributed by atoms with E-state index < -0.39 is 10.0 Å². The zero-order valence-electron chi connectivity index (χ0n) is 16.4. The minimum atomic E-state index is -3.41. The molecular weight excluding hydrogens is 406 g/mol. The molecule has 2 N–H and O–H groups in total. The topological polar surface area (TPSA) is 78.5 Å². The highest BCUT2D eigenvalue weighted by Crippen LogP contribution is 2.25. The first-order valence-electron chi connectivity index (χ1n) is 10.2. The molecule has 0 atom stereocenters. The minimum absolute atomic E-state index is 0.0310. The molecule has 1 aliphatic carbocycles. The Kier molecular flexibility index (Phi) is 6.34. The van der Waals surface area contributed by atoms with Crippen molar-refractivity contribution >= 4 is 33.0 Å². The van der Waals surface area contributed by atoms with Gasteiger partial charge in [-0.05, 0) is 79.9 Å². The molecule has 0 radical (unpaired) electrons. The monoisotopic (exact) mass is 433 g/mol. The normalized spacial score (nSPS) is 17.9. The number of thiophene rings is 1. The number of rotatable bonds is 7. The molecule has 1 aromatic carbocycles. The predicted octanol–water partition coefficient (Wildman–Crippen LogP) is 3.01. The maximum absolute atomic E-state index is 12.3. The molecule has 6 nitrogen and oxygen atoms in total. The van der Waals surface area contributed by atoms with Gasteiger partial charge in [0, 0.05) is 24.7 Å². The summed E-state index contributed by atoms with van der Waals surface area (Å²) < 4.78 is 27.8. The van der Waals surface area contributed by atoms with E-state index in [1.54, 1.807) is 17.5 Å². The smallest absolute Gasteiger partial charge is 0.250 e. The molecule has 1 amide bonds. The zero-order chi connectivity index (χ0) is 20.3. The lowest BCUT2D eigenvalue weighted by Gasteiger charge is -2.31. The highest BCUT2D eigenvalue weighted by atomic mass is 32.2. The van der Waals surface area contributed by atoms with Gasteiger partial charge in [0.1, 0.15) is 4.21 Å². The number of nitrogens with zero attached hydrogens (tertiary/aromatic N) is 1. The van der Waals surface area contributed by atoms with Crippen LogP contribution in [-0.4, -0.2) is 44.9 Å². The Morgan fingerprint density at radius 2 is 1.93 bits per heavy atom. The van der Waals surface area contributed by atoms with E-state index in [1.807, 2.05) is 6.07 Å². The van der Waals surface area contributed by atoms with E-state index in [-0.39, 0.29) is 11.9 Å². The van der Waals surface area contributed by atoms with Gasteiger partial charge in [-0.1, -0.05) is 12.1 Å². The molecule has 0 unspecified atom stereocenters. The number of carbonyl (C=O) groups is 1. The van der Waals surface area contributed by atoms with Crippen LogP contribution in [0.25, 0.3) is 0 Å². The Morgan fingerprint density at radius 3 is 2.69 bits per heavy atom. The fraction of sp³-hybridized carbons (Fsp3) is 0.476. The minimum Gasteiger partial charge on any atom is -0.326 e. The first-order valence-corrected chi connectivity index (χ1v) is 12.6. The summed E-state index contributed by atoms with van der Waals surface area (Å²) in [7, 11) is -3.41. The number of hydrogen-bond donors (Lipinski definition) is 2. The average Bonchev–Trinajstić information content (AvgIpc) is 3.39. The average molecular weight is 434 g/mol. The van der Waals surface area contributed by atoms with Crippen LogP contribution in [0.1, 0.15) is 36.8 Å². The largest absolute Gasteiger partial charge is 0.326 e. The van der Waals surface area contributed by atoms with Crippen molar-refractivity contribution in [2.75, 3.05) is 25.0 Å². The van der Waals surface area contributed by atoms with E-state index in [9.17, 15) is 13.2 Å². The molecule has 2 aromatic rings. The van der Waals surface area contributed by atoms with Crippen LogP contribution in [0.3, 0.4) is 0 Å². The summed E-state index contributed by atoms with van der Waals surface area (Å²) in [5.41, 5.74) is 3.65. The maximum atomic E-state index is 12.3. The fourth-order valence-corrected chi connectivity index (χ4v) is 6.42. The highest BCUT2D eigenvalue weighted by molar-refractivity contribution is 7.91. The van der Waals surface area contributed by atoms with Gasteiger partial charge in [-0.15, -0.1) is 11.3 Å². The highest BCUT2D eigenvalue weighted by Gasteiger charge is 2.25. The molecule has 2 heterocycles. The van der Waals surface area contributed by atoms with Crippen LogP contribution in [-0.2, 0) is 27.7 Å². The number of fused-ring (bicyclic) bond motifs is 1. The molecule has 2 aliphatic rings. The molecule has 1 fully saturated rings. The molecule has 0 saturated carbocycles. The van der Waals surface area contributed by atoms with Crippen LogP contribution in [0, 0.1) is 0 Å². The second-order valence-corrected chi connectivity index (χ2v) is 10.7. The third-order valence-corrected chi connectivity index (χ3v) is 8.62. The second-order valence-electron chi connectivity index (χ2n) is 7.80. The summed E-state index contributed by atoms with van der Waals surface area (Å²) >= 11 is 1.23. The van der Waals surface area contributed by atoms with E-state index in [1.165, 1.54) is 28.9 Å². The molecule has 1 saturated heterocycles. The summed E-state index contributed by atoms with van der Waals surface area (Å²) in [6.45, 7) is 2.29. The van der Waals surface area contributed by atoms with Gasteiger partial charge in [-0.2, -0.15) is 0 Å². The van der Waals surface area contributed by atoms with Crippen molar-refractivity contribution in [3.05, 3.63) is 46.8 Å². The lowest BCUT2D eigenvalue weighted by Crippen LogP contribution is -2.45. The van der Waals surface area contributed by atoms with Crippen molar-refractivity contribution in [2.24, 2.45) is 0 Å². The molecule has 29 heavy (non-hydrogen) atoms. The fourth-order valence-electron chi connectivity index (χ4n) is 4.10. The van der Waals surface area contributed by atoms with Crippen molar-refractivity contribution < 1.29 is 13.2 Å². The molecule has 0 bridgehead atoms. The van der Waals surface area contributed by atoms with Gasteiger partial charge < -0.3 is 10.2 Å². The van der Waals surface area contributed by atoms with Crippen LogP contribution in [0.2, 0.25) is 0 Å². The molecule has 0 spiro atoms. The van der Waals surface area contributed by atoms with Gasteiger partial charge in [0.25, 0.3) is 0 Å². The standard InChI is InChI=1S/C21H27N3O3S2/c25-20(22-19-7-6-16-3-1-4-17(16)15-19)10-13-24-11-8-18(9-12-24)23-29(26,27)21-5-2-14-28-21/h2,5-7,14-15,18,23H,1,3-4,8-13H2,(H,22,25). The van der Waals surface area contributed by atoms with Crippen LogP contribution in [0.5, 0.6) is 0 Å². The van der Waals surface area contributed by atoms with E-state index in [4.69, 9.17) is 0 Å². The molecule has 1 aliphatic heterocycles. The third kappa shape index (κ3) is 5.25. The van der Waals surface area contributed by atoms with E-state index in [2.05, 4.69) is 27.1 Å². The number of hydrogen-bond acceptors (Lipinski definition) is 5. The van der Waals surface area contributed by atoms with Gasteiger partial charge in [-0.3, -0.25) is 4.79 Å². The Balaban J connectivity index is 1.19. The van der Waals surface area contributed by atoms with Crippen molar-refractivity contribution in [2.45, 2.75) is 48.8 Å². The Bertz CT molecular complexity index is 950. The molecular formula is C21H27N3O3S2.